The van der Waals surface area contributed by atoms with Crippen molar-refractivity contribution >= 4 is 11.9 Å². The molecule has 0 spiro atoms. The van der Waals surface area contributed by atoms with E-state index >= 15 is 0 Å². The fourth-order valence-corrected chi connectivity index (χ4v) is 2.79. The molecule has 1 saturated carbocycles. The van der Waals surface area contributed by atoms with Crippen molar-refractivity contribution in [3.8, 4) is 5.75 Å². The molecule has 0 saturated heterocycles. The topological polar surface area (TPSA) is 75.6 Å². The van der Waals surface area contributed by atoms with Gasteiger partial charge >= 0.3 is 5.97 Å². The van der Waals surface area contributed by atoms with E-state index in [0.717, 1.165) is 0 Å². The highest BCUT2D eigenvalue weighted by atomic mass is 19.1. The summed E-state index contributed by atoms with van der Waals surface area (Å²) in [4.78, 5) is 23.2. The number of carbonyl (C=O) groups is 2. The van der Waals surface area contributed by atoms with Crippen LogP contribution >= 0.6 is 0 Å². The van der Waals surface area contributed by atoms with Gasteiger partial charge in [-0.2, -0.15) is 0 Å². The van der Waals surface area contributed by atoms with E-state index in [1.54, 1.807) is 19.1 Å². The molecule has 2 rings (SSSR count). The van der Waals surface area contributed by atoms with Crippen LogP contribution in [0.15, 0.2) is 24.3 Å². The van der Waals surface area contributed by atoms with Crippen molar-refractivity contribution in [3.05, 3.63) is 30.1 Å². The maximum Gasteiger partial charge on any atom is 0.306 e. The van der Waals surface area contributed by atoms with E-state index in [9.17, 15) is 14.0 Å². The highest BCUT2D eigenvalue weighted by Gasteiger charge is 2.28. The zero-order valence-electron chi connectivity index (χ0n) is 13.1. The van der Waals surface area contributed by atoms with E-state index in [1.807, 2.05) is 0 Å². The second kappa shape index (κ2) is 7.94. The summed E-state index contributed by atoms with van der Waals surface area (Å²) in [6.45, 7) is 1.80. The van der Waals surface area contributed by atoms with Gasteiger partial charge in [0.1, 0.15) is 0 Å². The average Bonchev–Trinajstić information content (AvgIpc) is 2.54. The SMILES string of the molecule is CCC(Oc1ccccc1F)C(=O)NC1CCC(C(=O)O)CC1. The number of hydrogen-bond acceptors (Lipinski definition) is 3. The molecule has 1 atom stereocenters. The molecule has 1 aliphatic rings. The number of nitrogens with one attached hydrogen (secondary N) is 1. The standard InChI is InChI=1S/C17H22FNO4/c1-2-14(23-15-6-4-3-5-13(15)18)16(20)19-12-9-7-11(8-10-12)17(21)22/h3-6,11-12,14H,2,7-10H2,1H3,(H,19,20)(H,21,22). The lowest BCUT2D eigenvalue weighted by atomic mass is 9.86. The minimum atomic E-state index is -0.774. The molecule has 1 amide bonds. The van der Waals surface area contributed by atoms with Gasteiger partial charge in [0, 0.05) is 6.04 Å². The van der Waals surface area contributed by atoms with E-state index in [2.05, 4.69) is 5.32 Å². The Kier molecular flexibility index (Phi) is 5.96. The molecule has 5 nitrogen and oxygen atoms in total. The smallest absolute Gasteiger partial charge is 0.306 e. The number of amides is 1. The average molecular weight is 323 g/mol. The van der Waals surface area contributed by atoms with Crippen LogP contribution in [0, 0.1) is 11.7 Å². The second-order valence-electron chi connectivity index (χ2n) is 5.84. The van der Waals surface area contributed by atoms with Gasteiger partial charge in [0.25, 0.3) is 5.91 Å². The summed E-state index contributed by atoms with van der Waals surface area (Å²) < 4.78 is 19.1. The first-order valence-corrected chi connectivity index (χ1v) is 7.95. The van der Waals surface area contributed by atoms with Gasteiger partial charge in [0.2, 0.25) is 0 Å². The first-order valence-electron chi connectivity index (χ1n) is 7.95. The van der Waals surface area contributed by atoms with Crippen LogP contribution in [0.25, 0.3) is 0 Å². The summed E-state index contributed by atoms with van der Waals surface area (Å²) in [7, 11) is 0. The van der Waals surface area contributed by atoms with Crippen LogP contribution in [0.2, 0.25) is 0 Å². The van der Waals surface area contributed by atoms with Crippen LogP contribution in [0.5, 0.6) is 5.75 Å². The van der Waals surface area contributed by atoms with Crippen molar-refractivity contribution in [1.29, 1.82) is 0 Å². The summed E-state index contributed by atoms with van der Waals surface area (Å²) in [5.74, 6) is -1.82. The number of carbonyl (C=O) groups excluding carboxylic acids is 1. The molecule has 6 heteroatoms. The van der Waals surface area contributed by atoms with Crippen molar-refractivity contribution in [2.45, 2.75) is 51.2 Å². The van der Waals surface area contributed by atoms with E-state index in [4.69, 9.17) is 9.84 Å². The Morgan fingerprint density at radius 2 is 1.96 bits per heavy atom. The van der Waals surface area contributed by atoms with E-state index in [1.165, 1.54) is 12.1 Å². The van der Waals surface area contributed by atoms with Gasteiger partial charge < -0.3 is 15.2 Å². The lowest BCUT2D eigenvalue weighted by Gasteiger charge is -2.28. The third kappa shape index (κ3) is 4.68. The molecule has 0 aliphatic heterocycles. The zero-order valence-corrected chi connectivity index (χ0v) is 13.1. The van der Waals surface area contributed by atoms with Crippen LogP contribution in [0.4, 0.5) is 4.39 Å². The highest BCUT2D eigenvalue weighted by Crippen LogP contribution is 2.25. The lowest BCUT2D eigenvalue weighted by molar-refractivity contribution is -0.142. The van der Waals surface area contributed by atoms with Gasteiger partial charge in [-0.3, -0.25) is 9.59 Å². The predicted molar refractivity (Wildman–Crippen MR) is 82.6 cm³/mol. The molecule has 1 aromatic rings. The molecule has 0 radical (unpaired) electrons. The fourth-order valence-electron chi connectivity index (χ4n) is 2.79. The summed E-state index contributed by atoms with van der Waals surface area (Å²) in [5, 5.41) is 11.9. The maximum atomic E-state index is 13.6. The molecule has 0 bridgehead atoms. The molecule has 2 N–H and O–H groups in total. The Bertz CT molecular complexity index is 555. The molecular formula is C17H22FNO4. The number of carboxylic acid groups (broad SMARTS) is 1. The molecule has 126 valence electrons. The van der Waals surface area contributed by atoms with Crippen LogP contribution in [0.1, 0.15) is 39.0 Å². The number of rotatable bonds is 6. The number of para-hydroxylation sites is 1. The Labute approximate surface area is 134 Å². The second-order valence-corrected chi connectivity index (χ2v) is 5.84. The Balaban J connectivity index is 1.88. The quantitative estimate of drug-likeness (QED) is 0.844. The van der Waals surface area contributed by atoms with Crippen LogP contribution in [-0.2, 0) is 9.59 Å². The molecule has 0 heterocycles. The largest absolute Gasteiger partial charge is 0.481 e. The van der Waals surface area contributed by atoms with E-state index in [0.29, 0.717) is 32.1 Å². The van der Waals surface area contributed by atoms with Crippen molar-refractivity contribution in [1.82, 2.24) is 5.32 Å². The monoisotopic (exact) mass is 323 g/mol. The highest BCUT2D eigenvalue weighted by molar-refractivity contribution is 5.81. The van der Waals surface area contributed by atoms with Crippen LogP contribution < -0.4 is 10.1 Å². The lowest BCUT2D eigenvalue weighted by Crippen LogP contribution is -2.45. The molecule has 1 aliphatic carbocycles. The number of hydrogen-bond donors (Lipinski definition) is 2. The summed E-state index contributed by atoms with van der Waals surface area (Å²) in [6.07, 6.45) is 2.06. The predicted octanol–water partition coefficient (Wildman–Crippen LogP) is 2.74. The zero-order chi connectivity index (χ0) is 16.8. The Morgan fingerprint density at radius 1 is 1.30 bits per heavy atom. The van der Waals surface area contributed by atoms with Gasteiger partial charge in [0.05, 0.1) is 5.92 Å². The maximum absolute atomic E-state index is 13.6. The minimum absolute atomic E-state index is 0.0450. The van der Waals surface area contributed by atoms with Crippen LogP contribution in [-0.4, -0.2) is 29.1 Å². The molecule has 23 heavy (non-hydrogen) atoms. The van der Waals surface area contributed by atoms with Crippen molar-refractivity contribution in [2.24, 2.45) is 5.92 Å². The molecule has 1 unspecified atom stereocenters. The van der Waals surface area contributed by atoms with Gasteiger partial charge in [-0.05, 0) is 44.2 Å². The normalized spacial score (nSPS) is 22.2. The van der Waals surface area contributed by atoms with E-state index in [-0.39, 0.29) is 23.6 Å². The van der Waals surface area contributed by atoms with E-state index < -0.39 is 17.9 Å². The third-order valence-electron chi connectivity index (χ3n) is 4.19. The molecular weight excluding hydrogens is 301 g/mol. The van der Waals surface area contributed by atoms with Gasteiger partial charge in [-0.25, -0.2) is 4.39 Å². The number of benzene rings is 1. The molecule has 1 aromatic carbocycles. The molecule has 0 aromatic heterocycles. The third-order valence-corrected chi connectivity index (χ3v) is 4.19. The summed E-state index contributed by atoms with van der Waals surface area (Å²) >= 11 is 0. The van der Waals surface area contributed by atoms with Gasteiger partial charge in [-0.15, -0.1) is 0 Å². The first-order chi connectivity index (χ1) is 11.0. The summed E-state index contributed by atoms with van der Waals surface area (Å²) in [6, 6.07) is 5.94. The molecule has 1 fully saturated rings. The van der Waals surface area contributed by atoms with Gasteiger partial charge in [0.15, 0.2) is 17.7 Å². The van der Waals surface area contributed by atoms with Crippen molar-refractivity contribution < 1.29 is 23.8 Å². The number of aliphatic carboxylic acids is 1. The van der Waals surface area contributed by atoms with Gasteiger partial charge in [-0.1, -0.05) is 19.1 Å². The summed E-state index contributed by atoms with van der Waals surface area (Å²) in [5.41, 5.74) is 0. The Morgan fingerprint density at radius 3 is 2.52 bits per heavy atom. The fraction of sp³-hybridized carbons (Fsp3) is 0.529. The van der Waals surface area contributed by atoms with Crippen LogP contribution in [0.3, 0.4) is 0 Å². The first kappa shape index (κ1) is 17.2. The van der Waals surface area contributed by atoms with Crippen molar-refractivity contribution in [3.63, 3.8) is 0 Å². The van der Waals surface area contributed by atoms with Crippen molar-refractivity contribution in [2.75, 3.05) is 0 Å². The number of ether oxygens (including phenoxy) is 1. The Hall–Kier alpha value is -2.11. The number of carboxylic acids is 1. The number of halogens is 1. The minimum Gasteiger partial charge on any atom is -0.481 e.